The first kappa shape index (κ1) is 11.5. The number of rotatable bonds is 2. The van der Waals surface area contributed by atoms with Gasteiger partial charge in [0.1, 0.15) is 0 Å². The molecule has 2 aromatic rings. The van der Waals surface area contributed by atoms with Crippen molar-refractivity contribution in [1.82, 2.24) is 9.78 Å². The molecule has 0 fully saturated rings. The predicted molar refractivity (Wildman–Crippen MR) is 70.5 cm³/mol. The molecular weight excluding hydrogens is 240 g/mol. The molecule has 0 atom stereocenters. The number of aryl methyl sites for hydroxylation is 1. The zero-order valence-electron chi connectivity index (χ0n) is 10.5. The summed E-state index contributed by atoms with van der Waals surface area (Å²) in [5.74, 6) is 0. The number of amides is 1. The first-order valence-corrected chi connectivity index (χ1v) is 6.01. The number of anilines is 1. The average Bonchev–Trinajstić information content (AvgIpc) is 3.02. The van der Waals surface area contributed by atoms with Gasteiger partial charge < -0.3 is 4.90 Å². The number of nitrogens with zero attached hydrogens (tertiary/aromatic N) is 4. The topological polar surface area (TPSA) is 61.9 Å². The molecule has 1 aliphatic rings. The van der Waals surface area contributed by atoms with Gasteiger partial charge in [0.05, 0.1) is 17.8 Å². The van der Waals surface area contributed by atoms with Crippen LogP contribution in [0.5, 0.6) is 0 Å². The molecule has 0 N–H and O–H groups in total. The number of carbonyl (C=O) groups is 1. The summed E-state index contributed by atoms with van der Waals surface area (Å²) in [5, 5.41) is 13.4. The Morgan fingerprint density at radius 2 is 2.32 bits per heavy atom. The van der Waals surface area contributed by atoms with E-state index in [9.17, 15) is 10.1 Å². The number of benzene rings is 1. The molecule has 5 nitrogen and oxygen atoms in total. The molecule has 0 saturated heterocycles. The molecule has 1 aromatic heterocycles. The fourth-order valence-electron chi connectivity index (χ4n) is 2.46. The van der Waals surface area contributed by atoms with Crippen LogP contribution in [-0.4, -0.2) is 22.7 Å². The Hall–Kier alpha value is -2.61. The van der Waals surface area contributed by atoms with E-state index >= 15 is 0 Å². The maximum atomic E-state index is 11.0. The van der Waals surface area contributed by atoms with E-state index in [0.29, 0.717) is 12.1 Å². The Morgan fingerprint density at radius 1 is 1.47 bits per heavy atom. The zero-order chi connectivity index (χ0) is 13.4. The van der Waals surface area contributed by atoms with Crippen LogP contribution < -0.4 is 4.90 Å². The van der Waals surface area contributed by atoms with Gasteiger partial charge in [0.25, 0.3) is 0 Å². The summed E-state index contributed by atoms with van der Waals surface area (Å²) >= 11 is 0. The number of fused-ring (bicyclic) bond motifs is 1. The third kappa shape index (κ3) is 1.78. The normalized spacial score (nSPS) is 13.2. The molecule has 19 heavy (non-hydrogen) atoms. The van der Waals surface area contributed by atoms with Crippen molar-refractivity contribution in [2.24, 2.45) is 7.05 Å². The second-order valence-electron chi connectivity index (χ2n) is 4.59. The first-order chi connectivity index (χ1) is 9.22. The molecule has 94 valence electrons. The van der Waals surface area contributed by atoms with Crippen molar-refractivity contribution in [2.45, 2.75) is 6.42 Å². The minimum atomic E-state index is 0.570. The van der Waals surface area contributed by atoms with Crippen LogP contribution in [-0.2, 0) is 18.3 Å². The van der Waals surface area contributed by atoms with Crippen LogP contribution in [0.2, 0.25) is 0 Å². The van der Waals surface area contributed by atoms with Gasteiger partial charge in [0.2, 0.25) is 6.41 Å². The molecule has 0 spiro atoms. The van der Waals surface area contributed by atoms with Crippen LogP contribution in [0.15, 0.2) is 24.5 Å². The quantitative estimate of drug-likeness (QED) is 0.760. The van der Waals surface area contributed by atoms with E-state index in [1.165, 1.54) is 0 Å². The van der Waals surface area contributed by atoms with Crippen molar-refractivity contribution in [3.63, 3.8) is 0 Å². The van der Waals surface area contributed by atoms with Crippen molar-refractivity contribution < 1.29 is 4.79 Å². The first-order valence-electron chi connectivity index (χ1n) is 6.01. The number of carbonyl (C=O) groups excluding carboxylic acids is 1. The van der Waals surface area contributed by atoms with Crippen LogP contribution in [0.3, 0.4) is 0 Å². The van der Waals surface area contributed by atoms with Gasteiger partial charge in [-0.1, -0.05) is 0 Å². The molecule has 0 radical (unpaired) electrons. The Balaban J connectivity index is 2.17. The number of hydrogen-bond acceptors (Lipinski definition) is 3. The van der Waals surface area contributed by atoms with Gasteiger partial charge in [-0.3, -0.25) is 9.48 Å². The lowest BCUT2D eigenvalue weighted by atomic mass is 9.98. The molecule has 1 aliphatic heterocycles. The molecular formula is C14H12N4O. The molecule has 3 rings (SSSR count). The van der Waals surface area contributed by atoms with Gasteiger partial charge in [-0.15, -0.1) is 0 Å². The third-order valence-corrected chi connectivity index (χ3v) is 3.41. The molecule has 0 aliphatic carbocycles. The molecule has 0 bridgehead atoms. The van der Waals surface area contributed by atoms with Gasteiger partial charge >= 0.3 is 0 Å². The van der Waals surface area contributed by atoms with E-state index in [2.05, 4.69) is 11.2 Å². The van der Waals surface area contributed by atoms with Gasteiger partial charge in [-0.05, 0) is 24.1 Å². The summed E-state index contributed by atoms with van der Waals surface area (Å²) in [6.07, 6.45) is 5.27. The number of aromatic nitrogens is 2. The lowest BCUT2D eigenvalue weighted by Crippen LogP contribution is -2.17. The number of nitriles is 1. The van der Waals surface area contributed by atoms with Crippen molar-refractivity contribution in [3.05, 3.63) is 35.7 Å². The Kier molecular flexibility index (Phi) is 2.57. The molecule has 0 saturated carbocycles. The SMILES string of the molecule is Cn1cc(-c2cc3c(cc2C#N)N(C=O)CC3)cn1. The van der Waals surface area contributed by atoms with Gasteiger partial charge in [0, 0.05) is 36.6 Å². The lowest BCUT2D eigenvalue weighted by molar-refractivity contribution is -0.107. The standard InChI is InChI=1S/C14H12N4O/c1-17-8-12(7-16-17)13-4-10-2-3-18(9-19)14(10)5-11(13)6-15/h4-5,7-9H,2-3H2,1H3. The third-order valence-electron chi connectivity index (χ3n) is 3.41. The Morgan fingerprint density at radius 3 is 2.95 bits per heavy atom. The average molecular weight is 252 g/mol. The van der Waals surface area contributed by atoms with E-state index in [1.807, 2.05) is 19.3 Å². The summed E-state index contributed by atoms with van der Waals surface area (Å²) in [5.41, 5.74) is 4.32. The molecule has 2 heterocycles. The monoisotopic (exact) mass is 252 g/mol. The van der Waals surface area contributed by atoms with E-state index in [0.717, 1.165) is 35.2 Å². The van der Waals surface area contributed by atoms with E-state index in [4.69, 9.17) is 0 Å². The molecule has 0 unspecified atom stereocenters. The van der Waals surface area contributed by atoms with Gasteiger partial charge in [-0.2, -0.15) is 10.4 Å². The fraction of sp³-hybridized carbons (Fsp3) is 0.214. The fourth-order valence-corrected chi connectivity index (χ4v) is 2.46. The Bertz CT molecular complexity index is 696. The molecule has 5 heteroatoms. The van der Waals surface area contributed by atoms with E-state index in [1.54, 1.807) is 21.8 Å². The summed E-state index contributed by atoms with van der Waals surface area (Å²) < 4.78 is 1.71. The highest BCUT2D eigenvalue weighted by Crippen LogP contribution is 2.34. The summed E-state index contributed by atoms with van der Waals surface area (Å²) in [6, 6.07) is 5.98. The minimum absolute atomic E-state index is 0.570. The summed E-state index contributed by atoms with van der Waals surface area (Å²) in [7, 11) is 1.84. The largest absolute Gasteiger partial charge is 0.314 e. The van der Waals surface area contributed by atoms with Crippen molar-refractivity contribution in [1.29, 1.82) is 5.26 Å². The van der Waals surface area contributed by atoms with Gasteiger partial charge in [0.15, 0.2) is 0 Å². The summed E-state index contributed by atoms with van der Waals surface area (Å²) in [4.78, 5) is 12.6. The highest BCUT2D eigenvalue weighted by molar-refractivity contribution is 5.84. The van der Waals surface area contributed by atoms with Crippen LogP contribution in [0.1, 0.15) is 11.1 Å². The van der Waals surface area contributed by atoms with Crippen molar-refractivity contribution >= 4 is 12.1 Å². The molecule has 1 aromatic carbocycles. The minimum Gasteiger partial charge on any atom is -0.314 e. The Labute approximate surface area is 110 Å². The molecule has 1 amide bonds. The summed E-state index contributed by atoms with van der Waals surface area (Å²) in [6.45, 7) is 0.681. The second-order valence-corrected chi connectivity index (χ2v) is 4.59. The highest BCUT2D eigenvalue weighted by Gasteiger charge is 2.21. The van der Waals surface area contributed by atoms with Crippen LogP contribution in [0.25, 0.3) is 11.1 Å². The van der Waals surface area contributed by atoms with Crippen LogP contribution in [0, 0.1) is 11.3 Å². The maximum absolute atomic E-state index is 11.0. The second kappa shape index (κ2) is 4.25. The van der Waals surface area contributed by atoms with Crippen molar-refractivity contribution in [3.8, 4) is 17.2 Å². The number of hydrogen-bond donors (Lipinski definition) is 0. The highest BCUT2D eigenvalue weighted by atomic mass is 16.1. The zero-order valence-corrected chi connectivity index (χ0v) is 10.5. The van der Waals surface area contributed by atoms with E-state index < -0.39 is 0 Å². The van der Waals surface area contributed by atoms with Crippen molar-refractivity contribution in [2.75, 3.05) is 11.4 Å². The van der Waals surface area contributed by atoms with Crippen LogP contribution in [0.4, 0.5) is 5.69 Å². The van der Waals surface area contributed by atoms with Gasteiger partial charge in [-0.25, -0.2) is 0 Å². The van der Waals surface area contributed by atoms with E-state index in [-0.39, 0.29) is 0 Å². The lowest BCUT2D eigenvalue weighted by Gasteiger charge is -2.11. The predicted octanol–water partition coefficient (Wildman–Crippen LogP) is 1.48. The maximum Gasteiger partial charge on any atom is 0.214 e. The smallest absolute Gasteiger partial charge is 0.214 e. The van der Waals surface area contributed by atoms with Crippen LogP contribution >= 0.6 is 0 Å².